The normalized spacial score (nSPS) is 11.7. The Hall–Kier alpha value is -0.660. The lowest BCUT2D eigenvalue weighted by atomic mass is 10.1. The Morgan fingerprint density at radius 3 is 2.36 bits per heavy atom. The highest BCUT2D eigenvalue weighted by Gasteiger charge is 2.33. The monoisotopic (exact) mass is 206 g/mol. The molecule has 0 heterocycles. The van der Waals surface area contributed by atoms with Crippen molar-refractivity contribution in [2.24, 2.45) is 5.92 Å². The van der Waals surface area contributed by atoms with Crippen LogP contribution in [0.2, 0.25) is 0 Å². The summed E-state index contributed by atoms with van der Waals surface area (Å²) in [6.07, 6.45) is 4.92. The van der Waals surface area contributed by atoms with Gasteiger partial charge in [-0.25, -0.2) is 8.78 Å². The molecule has 0 amide bonds. The highest BCUT2D eigenvalue weighted by molar-refractivity contribution is 4.82. The lowest BCUT2D eigenvalue weighted by Crippen LogP contribution is -2.30. The lowest BCUT2D eigenvalue weighted by molar-refractivity contribution is -0.113. The molecule has 0 aliphatic heterocycles. The summed E-state index contributed by atoms with van der Waals surface area (Å²) >= 11 is 0. The Morgan fingerprint density at radius 2 is 1.86 bits per heavy atom. The summed E-state index contributed by atoms with van der Waals surface area (Å²) < 4.78 is 35.5. The van der Waals surface area contributed by atoms with Crippen LogP contribution in [-0.2, 0) is 9.47 Å². The SMILES string of the molecule is C#CCOCCOCC(F)(F)C(C)C. The molecule has 0 aliphatic carbocycles. The molecule has 0 aromatic rings. The summed E-state index contributed by atoms with van der Waals surface area (Å²) in [7, 11) is 0. The van der Waals surface area contributed by atoms with Crippen molar-refractivity contribution in [1.82, 2.24) is 0 Å². The molecule has 0 spiro atoms. The molecule has 0 aromatic heterocycles. The summed E-state index contributed by atoms with van der Waals surface area (Å²) in [5, 5.41) is 0. The zero-order valence-electron chi connectivity index (χ0n) is 8.56. The molecule has 0 aliphatic rings. The number of halogens is 2. The second kappa shape index (κ2) is 6.74. The van der Waals surface area contributed by atoms with E-state index in [-0.39, 0.29) is 19.8 Å². The summed E-state index contributed by atoms with van der Waals surface area (Å²) in [5.74, 6) is -1.22. The van der Waals surface area contributed by atoms with E-state index in [2.05, 4.69) is 5.92 Å². The molecule has 0 saturated heterocycles. The third kappa shape index (κ3) is 5.90. The molecule has 0 fully saturated rings. The second-order valence-corrected chi connectivity index (χ2v) is 3.23. The molecule has 0 aromatic carbocycles. The largest absolute Gasteiger partial charge is 0.373 e. The first kappa shape index (κ1) is 13.3. The van der Waals surface area contributed by atoms with E-state index in [9.17, 15) is 8.78 Å². The average molecular weight is 206 g/mol. The van der Waals surface area contributed by atoms with Gasteiger partial charge in [-0.05, 0) is 0 Å². The van der Waals surface area contributed by atoms with Gasteiger partial charge in [0.2, 0.25) is 0 Å². The third-order valence-electron chi connectivity index (χ3n) is 1.70. The zero-order chi connectivity index (χ0) is 11.0. The molecule has 0 saturated carbocycles. The number of alkyl halides is 2. The van der Waals surface area contributed by atoms with Crippen molar-refractivity contribution in [1.29, 1.82) is 0 Å². The van der Waals surface area contributed by atoms with Gasteiger partial charge in [-0.3, -0.25) is 0 Å². The van der Waals surface area contributed by atoms with Crippen molar-refractivity contribution < 1.29 is 18.3 Å². The van der Waals surface area contributed by atoms with Crippen LogP contribution in [-0.4, -0.2) is 32.4 Å². The van der Waals surface area contributed by atoms with Crippen LogP contribution in [0, 0.1) is 18.3 Å². The Labute approximate surface area is 83.6 Å². The van der Waals surface area contributed by atoms with Gasteiger partial charge in [0.1, 0.15) is 13.2 Å². The van der Waals surface area contributed by atoms with Gasteiger partial charge in [0.05, 0.1) is 13.2 Å². The van der Waals surface area contributed by atoms with E-state index in [1.54, 1.807) is 0 Å². The second-order valence-electron chi connectivity index (χ2n) is 3.23. The van der Waals surface area contributed by atoms with Gasteiger partial charge in [0.25, 0.3) is 5.92 Å². The van der Waals surface area contributed by atoms with Crippen LogP contribution >= 0.6 is 0 Å². The van der Waals surface area contributed by atoms with Gasteiger partial charge in [0, 0.05) is 5.92 Å². The van der Waals surface area contributed by atoms with E-state index >= 15 is 0 Å². The van der Waals surface area contributed by atoms with E-state index in [4.69, 9.17) is 15.9 Å². The molecule has 0 unspecified atom stereocenters. The molecule has 82 valence electrons. The van der Waals surface area contributed by atoms with Gasteiger partial charge in [0.15, 0.2) is 0 Å². The van der Waals surface area contributed by atoms with Crippen LogP contribution in [0.5, 0.6) is 0 Å². The maximum Gasteiger partial charge on any atom is 0.273 e. The fourth-order valence-corrected chi connectivity index (χ4v) is 0.624. The van der Waals surface area contributed by atoms with E-state index in [0.29, 0.717) is 0 Å². The van der Waals surface area contributed by atoms with Crippen molar-refractivity contribution in [2.45, 2.75) is 19.8 Å². The minimum atomic E-state index is -2.77. The lowest BCUT2D eigenvalue weighted by Gasteiger charge is -2.19. The van der Waals surface area contributed by atoms with Crippen LogP contribution in [0.25, 0.3) is 0 Å². The van der Waals surface area contributed by atoms with Crippen molar-refractivity contribution in [2.75, 3.05) is 26.4 Å². The Morgan fingerprint density at radius 1 is 1.29 bits per heavy atom. The first-order valence-corrected chi connectivity index (χ1v) is 4.47. The zero-order valence-corrected chi connectivity index (χ0v) is 8.56. The number of rotatable bonds is 7. The van der Waals surface area contributed by atoms with Crippen molar-refractivity contribution in [3.8, 4) is 12.3 Å². The van der Waals surface area contributed by atoms with Crippen LogP contribution in [0.4, 0.5) is 8.78 Å². The predicted octanol–water partition coefficient (Wildman–Crippen LogP) is 1.94. The van der Waals surface area contributed by atoms with Gasteiger partial charge >= 0.3 is 0 Å². The van der Waals surface area contributed by atoms with E-state index in [1.807, 2.05) is 0 Å². The topological polar surface area (TPSA) is 18.5 Å². The summed E-state index contributed by atoms with van der Waals surface area (Å²) in [5.41, 5.74) is 0. The van der Waals surface area contributed by atoms with Crippen molar-refractivity contribution in [3.63, 3.8) is 0 Å². The van der Waals surface area contributed by atoms with Crippen molar-refractivity contribution in [3.05, 3.63) is 0 Å². The molecule has 0 radical (unpaired) electrons. The maximum absolute atomic E-state index is 12.9. The predicted molar refractivity (Wildman–Crippen MR) is 50.3 cm³/mol. The third-order valence-corrected chi connectivity index (χ3v) is 1.70. The van der Waals surface area contributed by atoms with E-state index in [0.717, 1.165) is 0 Å². The molecule has 0 rings (SSSR count). The van der Waals surface area contributed by atoms with Gasteiger partial charge < -0.3 is 9.47 Å². The molecular weight excluding hydrogens is 190 g/mol. The Bertz CT molecular complexity index is 185. The molecule has 0 bridgehead atoms. The highest BCUT2D eigenvalue weighted by atomic mass is 19.3. The minimum absolute atomic E-state index is 0.143. The minimum Gasteiger partial charge on any atom is -0.373 e. The Balaban J connectivity index is 3.41. The number of hydrogen-bond acceptors (Lipinski definition) is 2. The van der Waals surface area contributed by atoms with Crippen LogP contribution in [0.3, 0.4) is 0 Å². The first-order chi connectivity index (χ1) is 6.50. The summed E-state index contributed by atoms with van der Waals surface area (Å²) in [6, 6.07) is 0. The molecule has 14 heavy (non-hydrogen) atoms. The quantitative estimate of drug-likeness (QED) is 0.468. The van der Waals surface area contributed by atoms with Crippen LogP contribution < -0.4 is 0 Å². The fraction of sp³-hybridized carbons (Fsp3) is 0.800. The van der Waals surface area contributed by atoms with E-state index < -0.39 is 18.4 Å². The number of hydrogen-bond donors (Lipinski definition) is 0. The summed E-state index contributed by atoms with van der Waals surface area (Å²) in [6.45, 7) is 2.92. The van der Waals surface area contributed by atoms with Crippen molar-refractivity contribution >= 4 is 0 Å². The highest BCUT2D eigenvalue weighted by Crippen LogP contribution is 2.23. The Kier molecular flexibility index (Phi) is 6.43. The van der Waals surface area contributed by atoms with E-state index in [1.165, 1.54) is 13.8 Å². The molecule has 4 heteroatoms. The average Bonchev–Trinajstić information content (AvgIpc) is 2.10. The smallest absolute Gasteiger partial charge is 0.273 e. The standard InChI is InChI=1S/C10H16F2O2/c1-4-5-13-6-7-14-8-10(11,12)9(2)3/h1,9H,5-8H2,2-3H3. The molecular formula is C10H16F2O2. The van der Waals surface area contributed by atoms with Gasteiger partial charge in [-0.2, -0.15) is 0 Å². The van der Waals surface area contributed by atoms with Crippen LogP contribution in [0.1, 0.15) is 13.8 Å². The maximum atomic E-state index is 12.9. The molecule has 0 N–H and O–H groups in total. The number of terminal acetylenes is 1. The van der Waals surface area contributed by atoms with Crippen LogP contribution in [0.15, 0.2) is 0 Å². The number of ether oxygens (including phenoxy) is 2. The molecule has 2 nitrogen and oxygen atoms in total. The van der Waals surface area contributed by atoms with Gasteiger partial charge in [-0.1, -0.05) is 19.8 Å². The van der Waals surface area contributed by atoms with Gasteiger partial charge in [-0.15, -0.1) is 6.42 Å². The fourth-order valence-electron chi connectivity index (χ4n) is 0.624. The first-order valence-electron chi connectivity index (χ1n) is 4.47. The summed E-state index contributed by atoms with van der Waals surface area (Å²) in [4.78, 5) is 0. The molecule has 0 atom stereocenters.